The molecule has 1 heterocycles. The molecule has 0 radical (unpaired) electrons. The van der Waals surface area contributed by atoms with Crippen LogP contribution in [0, 0.1) is 12.3 Å². The highest BCUT2D eigenvalue weighted by molar-refractivity contribution is 5.09. The smallest absolute Gasteiger partial charge is 0.121 e. The molecule has 2 nitrogen and oxygen atoms in total. The third kappa shape index (κ3) is 5.72. The fourth-order valence-corrected chi connectivity index (χ4v) is 2.14. The Balaban J connectivity index is 2.51. The molecule has 2 heteroatoms. The van der Waals surface area contributed by atoms with Crippen LogP contribution in [0.25, 0.3) is 0 Å². The Bertz CT molecular complexity index is 335. The zero-order valence-electron chi connectivity index (χ0n) is 12.7. The molecule has 0 spiro atoms. The van der Waals surface area contributed by atoms with E-state index in [0.717, 1.165) is 30.9 Å². The Kier molecular flexibility index (Phi) is 5.94. The number of aryl methyl sites for hydroxylation is 1. The van der Waals surface area contributed by atoms with Crippen molar-refractivity contribution in [2.45, 2.75) is 66.3 Å². The number of hydrogen-bond acceptors (Lipinski definition) is 2. The van der Waals surface area contributed by atoms with Crippen molar-refractivity contribution in [3.63, 3.8) is 0 Å². The van der Waals surface area contributed by atoms with Crippen molar-refractivity contribution in [3.8, 4) is 0 Å². The SMILES string of the molecule is CCCNC(CCCC(C)(C)C)c1ccc(C)o1. The molecule has 0 fully saturated rings. The van der Waals surface area contributed by atoms with Gasteiger partial charge < -0.3 is 9.73 Å². The fourth-order valence-electron chi connectivity index (χ4n) is 2.14. The minimum absolute atomic E-state index is 0.376. The summed E-state index contributed by atoms with van der Waals surface area (Å²) in [5.41, 5.74) is 0.425. The van der Waals surface area contributed by atoms with E-state index in [1.54, 1.807) is 0 Å². The first-order valence-electron chi connectivity index (χ1n) is 7.22. The molecule has 1 rings (SSSR count). The summed E-state index contributed by atoms with van der Waals surface area (Å²) < 4.78 is 5.76. The summed E-state index contributed by atoms with van der Waals surface area (Å²) in [7, 11) is 0. The molecule has 0 bridgehead atoms. The van der Waals surface area contributed by atoms with Gasteiger partial charge in [0.2, 0.25) is 0 Å². The maximum absolute atomic E-state index is 5.76. The summed E-state index contributed by atoms with van der Waals surface area (Å²) in [6, 6.07) is 4.54. The molecule has 0 aliphatic rings. The summed E-state index contributed by atoms with van der Waals surface area (Å²) in [6.45, 7) is 12.2. The van der Waals surface area contributed by atoms with Gasteiger partial charge in [-0.25, -0.2) is 0 Å². The van der Waals surface area contributed by atoms with Gasteiger partial charge >= 0.3 is 0 Å². The molecule has 0 aromatic carbocycles. The van der Waals surface area contributed by atoms with Crippen LogP contribution in [0.15, 0.2) is 16.5 Å². The third-order valence-corrected chi connectivity index (χ3v) is 3.16. The van der Waals surface area contributed by atoms with Crippen LogP contribution < -0.4 is 5.32 Å². The average Bonchev–Trinajstić information content (AvgIpc) is 2.68. The third-order valence-electron chi connectivity index (χ3n) is 3.16. The Morgan fingerprint density at radius 3 is 2.50 bits per heavy atom. The lowest BCUT2D eigenvalue weighted by molar-refractivity contribution is 0.325. The van der Waals surface area contributed by atoms with Gasteiger partial charge in [-0.15, -0.1) is 0 Å². The van der Waals surface area contributed by atoms with Crippen molar-refractivity contribution in [1.82, 2.24) is 5.32 Å². The highest BCUT2D eigenvalue weighted by atomic mass is 16.3. The molecule has 1 N–H and O–H groups in total. The van der Waals surface area contributed by atoms with Crippen LogP contribution in [0.2, 0.25) is 0 Å². The molecule has 1 unspecified atom stereocenters. The Hall–Kier alpha value is -0.760. The van der Waals surface area contributed by atoms with Crippen LogP contribution >= 0.6 is 0 Å². The van der Waals surface area contributed by atoms with Crippen LogP contribution in [-0.4, -0.2) is 6.54 Å². The summed E-state index contributed by atoms with van der Waals surface area (Å²) >= 11 is 0. The Morgan fingerprint density at radius 2 is 2.00 bits per heavy atom. The van der Waals surface area contributed by atoms with Crippen molar-refractivity contribution in [2.75, 3.05) is 6.54 Å². The lowest BCUT2D eigenvalue weighted by Crippen LogP contribution is -2.22. The van der Waals surface area contributed by atoms with E-state index in [1.165, 1.54) is 12.8 Å². The van der Waals surface area contributed by atoms with Crippen molar-refractivity contribution in [3.05, 3.63) is 23.7 Å². The molecule has 1 aromatic heterocycles. The number of rotatable bonds is 7. The standard InChI is InChI=1S/C16H29NO/c1-6-12-17-14(8-7-11-16(3,4)5)15-10-9-13(2)18-15/h9-10,14,17H,6-8,11-12H2,1-5H3. The van der Waals surface area contributed by atoms with Gasteiger partial charge in [-0.3, -0.25) is 0 Å². The predicted octanol–water partition coefficient (Wildman–Crippen LogP) is 4.85. The van der Waals surface area contributed by atoms with E-state index in [2.05, 4.69) is 45.1 Å². The predicted molar refractivity (Wildman–Crippen MR) is 77.8 cm³/mol. The van der Waals surface area contributed by atoms with E-state index in [9.17, 15) is 0 Å². The first kappa shape index (κ1) is 15.3. The largest absolute Gasteiger partial charge is 0.465 e. The van der Waals surface area contributed by atoms with E-state index in [-0.39, 0.29) is 0 Å². The molecule has 104 valence electrons. The van der Waals surface area contributed by atoms with E-state index >= 15 is 0 Å². The molecule has 1 aromatic rings. The van der Waals surface area contributed by atoms with Gasteiger partial charge in [0.15, 0.2) is 0 Å². The Morgan fingerprint density at radius 1 is 1.28 bits per heavy atom. The van der Waals surface area contributed by atoms with Crippen molar-refractivity contribution in [2.24, 2.45) is 5.41 Å². The normalized spacial score (nSPS) is 13.8. The van der Waals surface area contributed by atoms with Gasteiger partial charge in [0, 0.05) is 0 Å². The van der Waals surface area contributed by atoms with E-state index in [4.69, 9.17) is 4.42 Å². The maximum Gasteiger partial charge on any atom is 0.121 e. The second-order valence-corrected chi connectivity index (χ2v) is 6.41. The minimum atomic E-state index is 0.376. The van der Waals surface area contributed by atoms with Gasteiger partial charge in [0.1, 0.15) is 11.5 Å². The number of hydrogen-bond donors (Lipinski definition) is 1. The Labute approximate surface area is 112 Å². The number of nitrogens with one attached hydrogen (secondary N) is 1. The zero-order chi connectivity index (χ0) is 13.6. The van der Waals surface area contributed by atoms with Gasteiger partial charge in [-0.2, -0.15) is 0 Å². The summed E-state index contributed by atoms with van der Waals surface area (Å²) in [6.07, 6.45) is 4.82. The van der Waals surface area contributed by atoms with Crippen LogP contribution in [-0.2, 0) is 0 Å². The second kappa shape index (κ2) is 6.98. The van der Waals surface area contributed by atoms with E-state index in [0.29, 0.717) is 11.5 Å². The molecule has 0 saturated carbocycles. The number of furan rings is 1. The van der Waals surface area contributed by atoms with Gasteiger partial charge in [-0.05, 0) is 50.3 Å². The van der Waals surface area contributed by atoms with Gasteiger partial charge in [0.05, 0.1) is 6.04 Å². The van der Waals surface area contributed by atoms with Crippen LogP contribution in [0.4, 0.5) is 0 Å². The lowest BCUT2D eigenvalue weighted by atomic mass is 9.89. The van der Waals surface area contributed by atoms with Crippen LogP contribution in [0.5, 0.6) is 0 Å². The monoisotopic (exact) mass is 251 g/mol. The summed E-state index contributed by atoms with van der Waals surface area (Å²) in [5.74, 6) is 2.10. The molecular formula is C16H29NO. The van der Waals surface area contributed by atoms with Crippen LogP contribution in [0.3, 0.4) is 0 Å². The average molecular weight is 251 g/mol. The van der Waals surface area contributed by atoms with Gasteiger partial charge in [0.25, 0.3) is 0 Å². The minimum Gasteiger partial charge on any atom is -0.465 e. The molecule has 1 atom stereocenters. The molecule has 0 saturated heterocycles. The van der Waals surface area contributed by atoms with Crippen LogP contribution in [0.1, 0.15) is 70.9 Å². The highest BCUT2D eigenvalue weighted by Gasteiger charge is 2.16. The molecule has 0 aliphatic heterocycles. The second-order valence-electron chi connectivity index (χ2n) is 6.41. The molecule has 0 amide bonds. The van der Waals surface area contributed by atoms with E-state index in [1.807, 2.05) is 6.92 Å². The zero-order valence-corrected chi connectivity index (χ0v) is 12.7. The first-order chi connectivity index (χ1) is 8.42. The van der Waals surface area contributed by atoms with Crippen molar-refractivity contribution in [1.29, 1.82) is 0 Å². The summed E-state index contributed by atoms with van der Waals surface area (Å²) in [4.78, 5) is 0. The van der Waals surface area contributed by atoms with Gasteiger partial charge in [-0.1, -0.05) is 34.1 Å². The maximum atomic E-state index is 5.76. The summed E-state index contributed by atoms with van der Waals surface area (Å²) in [5, 5.41) is 3.59. The lowest BCUT2D eigenvalue weighted by Gasteiger charge is -2.21. The quantitative estimate of drug-likeness (QED) is 0.749. The van der Waals surface area contributed by atoms with Crippen molar-refractivity contribution >= 4 is 0 Å². The van der Waals surface area contributed by atoms with E-state index < -0.39 is 0 Å². The fraction of sp³-hybridized carbons (Fsp3) is 0.750. The first-order valence-corrected chi connectivity index (χ1v) is 7.22. The molecule has 18 heavy (non-hydrogen) atoms. The molecule has 0 aliphatic carbocycles. The topological polar surface area (TPSA) is 25.2 Å². The molecular weight excluding hydrogens is 222 g/mol. The highest BCUT2D eigenvalue weighted by Crippen LogP contribution is 2.27. The van der Waals surface area contributed by atoms with Crippen molar-refractivity contribution < 1.29 is 4.42 Å².